The number of amides is 1. The lowest BCUT2D eigenvalue weighted by atomic mass is 10.1. The number of ether oxygens (including phenoxy) is 2. The number of aryl methyl sites for hydroxylation is 1. The van der Waals surface area contributed by atoms with Gasteiger partial charge in [0.25, 0.3) is 5.91 Å². The summed E-state index contributed by atoms with van der Waals surface area (Å²) in [6.07, 6.45) is 1.39. The third-order valence-electron chi connectivity index (χ3n) is 3.20. The molecule has 2 rings (SSSR count). The van der Waals surface area contributed by atoms with Crippen molar-refractivity contribution in [1.82, 2.24) is 0 Å². The second-order valence-electron chi connectivity index (χ2n) is 4.59. The Balaban J connectivity index is 2.41. The zero-order valence-electron chi connectivity index (χ0n) is 12.8. The highest BCUT2D eigenvalue weighted by Crippen LogP contribution is 2.21. The van der Waals surface area contributed by atoms with E-state index in [9.17, 15) is 14.4 Å². The molecular formula is C16H15NO6. The van der Waals surface area contributed by atoms with Gasteiger partial charge >= 0.3 is 11.9 Å². The van der Waals surface area contributed by atoms with Crippen LogP contribution in [0.1, 0.15) is 36.8 Å². The van der Waals surface area contributed by atoms with Gasteiger partial charge in [-0.15, -0.1) is 0 Å². The Hall–Kier alpha value is -3.09. The molecule has 1 aromatic heterocycles. The summed E-state index contributed by atoms with van der Waals surface area (Å²) in [4.78, 5) is 35.7. The third kappa shape index (κ3) is 3.39. The molecule has 0 spiro atoms. The Kier molecular flexibility index (Phi) is 4.80. The van der Waals surface area contributed by atoms with E-state index in [1.54, 1.807) is 6.92 Å². The zero-order chi connectivity index (χ0) is 17.0. The molecule has 0 aliphatic rings. The summed E-state index contributed by atoms with van der Waals surface area (Å²) in [6.45, 7) is 1.64. The summed E-state index contributed by atoms with van der Waals surface area (Å²) in [6, 6.07) is 5.66. The summed E-state index contributed by atoms with van der Waals surface area (Å²) in [7, 11) is 2.46. The largest absolute Gasteiger partial charge is 0.469 e. The molecule has 7 nitrogen and oxygen atoms in total. The number of nitrogens with one attached hydrogen (secondary N) is 1. The number of hydrogen-bond donors (Lipinski definition) is 1. The van der Waals surface area contributed by atoms with Gasteiger partial charge in [0.1, 0.15) is 5.76 Å². The van der Waals surface area contributed by atoms with Crippen molar-refractivity contribution in [1.29, 1.82) is 0 Å². The van der Waals surface area contributed by atoms with Crippen molar-refractivity contribution in [3.8, 4) is 0 Å². The number of furan rings is 1. The van der Waals surface area contributed by atoms with Gasteiger partial charge in [-0.25, -0.2) is 9.59 Å². The standard InChI is InChI=1S/C16H15NO6/c1-9-11(6-7-23-9)14(18)17-13-8-10(15(19)21-2)4-5-12(13)16(20)22-3/h4-8H,1-3H3,(H,17,18). The first-order valence-corrected chi connectivity index (χ1v) is 6.64. The molecule has 1 aromatic carbocycles. The Morgan fingerprint density at radius 2 is 1.70 bits per heavy atom. The smallest absolute Gasteiger partial charge is 0.339 e. The number of esters is 2. The number of methoxy groups -OCH3 is 2. The summed E-state index contributed by atoms with van der Waals surface area (Å²) in [5, 5.41) is 2.58. The van der Waals surface area contributed by atoms with Crippen LogP contribution in [0.5, 0.6) is 0 Å². The second kappa shape index (κ2) is 6.78. The van der Waals surface area contributed by atoms with Crippen molar-refractivity contribution >= 4 is 23.5 Å². The number of hydrogen-bond acceptors (Lipinski definition) is 6. The molecule has 0 aliphatic carbocycles. The van der Waals surface area contributed by atoms with E-state index >= 15 is 0 Å². The normalized spacial score (nSPS) is 10.0. The quantitative estimate of drug-likeness (QED) is 0.870. The summed E-state index contributed by atoms with van der Waals surface area (Å²) in [5.74, 6) is -1.26. The molecule has 0 fully saturated rings. The Labute approximate surface area is 132 Å². The van der Waals surface area contributed by atoms with Crippen LogP contribution in [-0.4, -0.2) is 32.1 Å². The Morgan fingerprint density at radius 3 is 2.26 bits per heavy atom. The lowest BCUT2D eigenvalue weighted by Crippen LogP contribution is -2.16. The lowest BCUT2D eigenvalue weighted by molar-refractivity contribution is 0.0587. The maximum absolute atomic E-state index is 12.3. The molecule has 0 radical (unpaired) electrons. The van der Waals surface area contributed by atoms with Crippen LogP contribution in [0.3, 0.4) is 0 Å². The van der Waals surface area contributed by atoms with Gasteiger partial charge in [0.15, 0.2) is 0 Å². The number of carbonyl (C=O) groups excluding carboxylic acids is 3. The van der Waals surface area contributed by atoms with E-state index in [4.69, 9.17) is 4.42 Å². The molecule has 0 bridgehead atoms. The predicted octanol–water partition coefficient (Wildman–Crippen LogP) is 2.41. The molecule has 0 atom stereocenters. The van der Waals surface area contributed by atoms with Gasteiger partial charge < -0.3 is 19.2 Å². The number of carbonyl (C=O) groups is 3. The summed E-state index contributed by atoms with van der Waals surface area (Å²) >= 11 is 0. The highest BCUT2D eigenvalue weighted by Gasteiger charge is 2.19. The van der Waals surface area contributed by atoms with E-state index in [0.717, 1.165) is 0 Å². The van der Waals surface area contributed by atoms with Gasteiger partial charge in [0.2, 0.25) is 0 Å². The summed E-state index contributed by atoms with van der Waals surface area (Å²) in [5.41, 5.74) is 0.781. The molecule has 1 heterocycles. The molecule has 0 unspecified atom stereocenters. The summed E-state index contributed by atoms with van der Waals surface area (Å²) < 4.78 is 14.4. The fraction of sp³-hybridized carbons (Fsp3) is 0.188. The van der Waals surface area contributed by atoms with Crippen LogP contribution in [0.25, 0.3) is 0 Å². The van der Waals surface area contributed by atoms with E-state index < -0.39 is 17.8 Å². The van der Waals surface area contributed by atoms with Gasteiger partial charge in [-0.2, -0.15) is 0 Å². The van der Waals surface area contributed by atoms with E-state index in [-0.39, 0.29) is 16.8 Å². The Bertz CT molecular complexity index is 762. The number of rotatable bonds is 4. The molecular weight excluding hydrogens is 302 g/mol. The minimum absolute atomic E-state index is 0.120. The highest BCUT2D eigenvalue weighted by atomic mass is 16.5. The molecule has 1 N–H and O–H groups in total. The predicted molar refractivity (Wildman–Crippen MR) is 80.5 cm³/mol. The van der Waals surface area contributed by atoms with Crippen LogP contribution >= 0.6 is 0 Å². The first-order valence-electron chi connectivity index (χ1n) is 6.64. The maximum Gasteiger partial charge on any atom is 0.339 e. The molecule has 0 saturated heterocycles. The van der Waals surface area contributed by atoms with Crippen LogP contribution in [0.2, 0.25) is 0 Å². The molecule has 0 saturated carbocycles. The fourth-order valence-electron chi connectivity index (χ4n) is 1.99. The average Bonchev–Trinajstić information content (AvgIpc) is 2.99. The van der Waals surface area contributed by atoms with E-state index in [0.29, 0.717) is 11.3 Å². The molecule has 120 valence electrons. The van der Waals surface area contributed by atoms with Gasteiger partial charge in [0, 0.05) is 0 Å². The maximum atomic E-state index is 12.3. The Morgan fingerprint density at radius 1 is 1.00 bits per heavy atom. The van der Waals surface area contributed by atoms with Gasteiger partial charge in [-0.1, -0.05) is 0 Å². The second-order valence-corrected chi connectivity index (χ2v) is 4.59. The van der Waals surface area contributed by atoms with Gasteiger partial charge in [-0.3, -0.25) is 4.79 Å². The van der Waals surface area contributed by atoms with Crippen LogP contribution in [0, 0.1) is 6.92 Å². The van der Waals surface area contributed by atoms with Gasteiger partial charge in [-0.05, 0) is 31.2 Å². The topological polar surface area (TPSA) is 94.8 Å². The van der Waals surface area contributed by atoms with Crippen molar-refractivity contribution in [3.05, 3.63) is 53.0 Å². The first kappa shape index (κ1) is 16.3. The molecule has 0 aliphatic heterocycles. The lowest BCUT2D eigenvalue weighted by Gasteiger charge is -2.11. The van der Waals surface area contributed by atoms with Crippen molar-refractivity contribution < 1.29 is 28.3 Å². The average molecular weight is 317 g/mol. The first-order chi connectivity index (χ1) is 11.0. The molecule has 1 amide bonds. The molecule has 2 aromatic rings. The number of anilines is 1. The van der Waals surface area contributed by atoms with Gasteiger partial charge in [0.05, 0.1) is 42.9 Å². The third-order valence-corrected chi connectivity index (χ3v) is 3.20. The van der Waals surface area contributed by atoms with Crippen molar-refractivity contribution in [3.63, 3.8) is 0 Å². The van der Waals surface area contributed by atoms with E-state index in [2.05, 4.69) is 14.8 Å². The zero-order valence-corrected chi connectivity index (χ0v) is 12.8. The number of benzene rings is 1. The van der Waals surface area contributed by atoms with Crippen LogP contribution < -0.4 is 5.32 Å². The van der Waals surface area contributed by atoms with Crippen molar-refractivity contribution in [2.75, 3.05) is 19.5 Å². The fourth-order valence-corrected chi connectivity index (χ4v) is 1.99. The SMILES string of the molecule is COC(=O)c1ccc(C(=O)OC)c(NC(=O)c2ccoc2C)c1. The van der Waals surface area contributed by atoms with Crippen molar-refractivity contribution in [2.24, 2.45) is 0 Å². The van der Waals surface area contributed by atoms with Crippen LogP contribution in [0.15, 0.2) is 34.9 Å². The van der Waals surface area contributed by atoms with E-state index in [1.807, 2.05) is 0 Å². The van der Waals surface area contributed by atoms with Crippen LogP contribution in [-0.2, 0) is 9.47 Å². The van der Waals surface area contributed by atoms with Crippen molar-refractivity contribution in [2.45, 2.75) is 6.92 Å². The molecule has 23 heavy (non-hydrogen) atoms. The minimum atomic E-state index is -0.638. The highest BCUT2D eigenvalue weighted by molar-refractivity contribution is 6.09. The monoisotopic (exact) mass is 317 g/mol. The van der Waals surface area contributed by atoms with E-state index in [1.165, 1.54) is 44.7 Å². The minimum Gasteiger partial charge on any atom is -0.469 e. The molecule has 7 heteroatoms. The van der Waals surface area contributed by atoms with Crippen LogP contribution in [0.4, 0.5) is 5.69 Å².